The number of rotatable bonds is 10. The van der Waals surface area contributed by atoms with Gasteiger partial charge in [0.2, 0.25) is 0 Å². The van der Waals surface area contributed by atoms with Crippen molar-refractivity contribution in [3.05, 3.63) is 102 Å². The van der Waals surface area contributed by atoms with Gasteiger partial charge in [0.15, 0.2) is 0 Å². The Morgan fingerprint density at radius 1 is 1.17 bits per heavy atom. The lowest BCUT2D eigenvalue weighted by Gasteiger charge is -2.33. The molecule has 192 valence electrons. The number of hydrogen-bond donors (Lipinski definition) is 2. The second-order valence-electron chi connectivity index (χ2n) is 10.7. The first kappa shape index (κ1) is 27.5. The van der Waals surface area contributed by atoms with Crippen LogP contribution in [0.15, 0.2) is 85.0 Å². The Morgan fingerprint density at radius 2 is 1.86 bits per heavy atom. The zero-order valence-electron chi connectivity index (χ0n) is 23.2. The minimum Gasteiger partial charge on any atom is -0.386 e. The van der Waals surface area contributed by atoms with Gasteiger partial charge in [-0.05, 0) is 75.8 Å². The van der Waals surface area contributed by atoms with Crippen LogP contribution in [0.5, 0.6) is 0 Å². The van der Waals surface area contributed by atoms with Gasteiger partial charge < -0.3 is 15.3 Å². The molecule has 1 aliphatic rings. The Bertz CT molecular complexity index is 1150. The summed E-state index contributed by atoms with van der Waals surface area (Å²) in [5.74, 6) is 0.718. The third kappa shape index (κ3) is 6.39. The Labute approximate surface area is 218 Å². The van der Waals surface area contributed by atoms with Crippen molar-refractivity contribution in [2.75, 3.05) is 16.8 Å². The molecule has 1 aliphatic carbocycles. The molecule has 3 rings (SSSR count). The molecule has 2 atom stereocenters. The summed E-state index contributed by atoms with van der Waals surface area (Å²) in [6.45, 7) is 19.6. The van der Waals surface area contributed by atoms with Gasteiger partial charge in [0, 0.05) is 29.8 Å². The van der Waals surface area contributed by atoms with Gasteiger partial charge >= 0.3 is 0 Å². The summed E-state index contributed by atoms with van der Waals surface area (Å²) in [6, 6.07) is 13.2. The maximum atomic E-state index is 11.3. The van der Waals surface area contributed by atoms with Crippen LogP contribution in [0, 0.1) is 5.92 Å². The zero-order valence-corrected chi connectivity index (χ0v) is 23.2. The average Bonchev–Trinajstić information content (AvgIpc) is 2.83. The number of anilines is 3. The van der Waals surface area contributed by atoms with E-state index in [1.54, 1.807) is 0 Å². The summed E-state index contributed by atoms with van der Waals surface area (Å²) in [5, 5.41) is 15.1. The van der Waals surface area contributed by atoms with Crippen LogP contribution in [-0.4, -0.2) is 17.7 Å². The summed E-state index contributed by atoms with van der Waals surface area (Å²) in [6.07, 6.45) is 13.8. The Hall–Kier alpha value is -3.04. The molecular weight excluding hydrogens is 440 g/mol. The molecule has 0 spiro atoms. The van der Waals surface area contributed by atoms with Gasteiger partial charge in [-0.15, -0.1) is 0 Å². The fraction of sp³-hybridized carbons (Fsp3) is 0.394. The van der Waals surface area contributed by atoms with Crippen molar-refractivity contribution in [1.82, 2.24) is 0 Å². The van der Waals surface area contributed by atoms with Crippen LogP contribution in [0.2, 0.25) is 0 Å². The topological polar surface area (TPSA) is 35.5 Å². The highest BCUT2D eigenvalue weighted by Crippen LogP contribution is 2.41. The quantitative estimate of drug-likeness (QED) is 0.332. The number of benzene rings is 2. The second-order valence-corrected chi connectivity index (χ2v) is 10.7. The van der Waals surface area contributed by atoms with Crippen LogP contribution in [0.4, 0.5) is 17.1 Å². The van der Waals surface area contributed by atoms with Gasteiger partial charge in [-0.2, -0.15) is 0 Å². The monoisotopic (exact) mass is 484 g/mol. The lowest BCUT2D eigenvalue weighted by atomic mass is 9.80. The van der Waals surface area contributed by atoms with E-state index >= 15 is 0 Å². The van der Waals surface area contributed by atoms with Crippen LogP contribution >= 0.6 is 0 Å². The number of para-hydroxylation sites is 2. The maximum absolute atomic E-state index is 11.3. The Morgan fingerprint density at radius 3 is 2.47 bits per heavy atom. The lowest BCUT2D eigenvalue weighted by Crippen LogP contribution is -2.32. The summed E-state index contributed by atoms with van der Waals surface area (Å²) in [5.41, 5.74) is 6.62. The summed E-state index contributed by atoms with van der Waals surface area (Å²) in [7, 11) is 0. The maximum Gasteiger partial charge on any atom is 0.0860 e. The number of allylic oxidation sites excluding steroid dienone is 5. The summed E-state index contributed by atoms with van der Waals surface area (Å²) in [4.78, 5) is 2.37. The second kappa shape index (κ2) is 11.8. The highest BCUT2D eigenvalue weighted by atomic mass is 16.3. The Kier molecular flexibility index (Phi) is 9.03. The number of aryl methyl sites for hydroxylation is 1. The standard InChI is InChI=1S/C33H44N2O/c1-9-15-24(5)22-35(23(3)4)31-19-14-13-18-30(31)34-32-26(10-2)20-27(21-29(32)33(7,8)36)28-17-12-11-16-25(28)6/h9,11-21,23,25,28,34,36H,5,10,22H2,1-4,6-8H3/b15-9-. The number of nitrogens with zero attached hydrogens (tertiary/aromatic N) is 1. The molecule has 0 bridgehead atoms. The predicted octanol–water partition coefficient (Wildman–Crippen LogP) is 8.41. The minimum atomic E-state index is -0.993. The van der Waals surface area contributed by atoms with E-state index in [1.807, 2.05) is 26.8 Å². The van der Waals surface area contributed by atoms with Crippen molar-refractivity contribution < 1.29 is 5.11 Å². The van der Waals surface area contributed by atoms with E-state index in [0.717, 1.165) is 41.2 Å². The van der Waals surface area contributed by atoms with Crippen molar-refractivity contribution in [3.63, 3.8) is 0 Å². The van der Waals surface area contributed by atoms with Crippen LogP contribution < -0.4 is 10.2 Å². The predicted molar refractivity (Wildman–Crippen MR) is 157 cm³/mol. The van der Waals surface area contributed by atoms with E-state index in [2.05, 4.69) is 111 Å². The third-order valence-electron chi connectivity index (χ3n) is 6.95. The van der Waals surface area contributed by atoms with Crippen LogP contribution in [0.25, 0.3) is 0 Å². The van der Waals surface area contributed by atoms with E-state index in [9.17, 15) is 5.11 Å². The first-order chi connectivity index (χ1) is 17.1. The molecule has 2 unspecified atom stereocenters. The largest absolute Gasteiger partial charge is 0.386 e. The molecule has 0 saturated carbocycles. The molecule has 0 saturated heterocycles. The minimum absolute atomic E-state index is 0.296. The van der Waals surface area contributed by atoms with Gasteiger partial charge in [0.25, 0.3) is 0 Å². The molecule has 36 heavy (non-hydrogen) atoms. The number of hydrogen-bond acceptors (Lipinski definition) is 3. The molecule has 0 fully saturated rings. The van der Waals surface area contributed by atoms with Gasteiger partial charge in [0.1, 0.15) is 0 Å². The number of nitrogens with one attached hydrogen (secondary N) is 1. The zero-order chi connectivity index (χ0) is 26.5. The number of aliphatic hydroxyl groups is 1. The van der Waals surface area contributed by atoms with Crippen LogP contribution in [-0.2, 0) is 12.0 Å². The van der Waals surface area contributed by atoms with Crippen molar-refractivity contribution >= 4 is 17.1 Å². The molecule has 3 heteroatoms. The van der Waals surface area contributed by atoms with Crippen LogP contribution in [0.1, 0.15) is 71.1 Å². The normalized spacial score (nSPS) is 17.7. The van der Waals surface area contributed by atoms with Crippen molar-refractivity contribution in [3.8, 4) is 0 Å². The average molecular weight is 485 g/mol. The third-order valence-corrected chi connectivity index (χ3v) is 6.95. The van der Waals surface area contributed by atoms with Crippen molar-refractivity contribution in [2.24, 2.45) is 5.92 Å². The molecule has 3 nitrogen and oxygen atoms in total. The SMILES string of the molecule is C=C(/C=C\C)CN(c1ccccc1Nc1c(CC)cc(C2C=CC=CC2C)cc1C(C)(C)O)C(C)C. The summed E-state index contributed by atoms with van der Waals surface area (Å²) < 4.78 is 0. The first-order valence-corrected chi connectivity index (χ1v) is 13.2. The molecule has 0 aliphatic heterocycles. The highest BCUT2D eigenvalue weighted by Gasteiger charge is 2.27. The highest BCUT2D eigenvalue weighted by molar-refractivity contribution is 5.79. The fourth-order valence-electron chi connectivity index (χ4n) is 4.98. The van der Waals surface area contributed by atoms with Crippen molar-refractivity contribution in [1.29, 1.82) is 0 Å². The van der Waals surface area contributed by atoms with E-state index in [4.69, 9.17) is 0 Å². The molecule has 0 aromatic heterocycles. The fourth-order valence-corrected chi connectivity index (χ4v) is 4.98. The Balaban J connectivity index is 2.11. The van der Waals surface area contributed by atoms with Gasteiger partial charge in [-0.1, -0.05) is 81.1 Å². The van der Waals surface area contributed by atoms with Gasteiger partial charge in [0.05, 0.1) is 17.0 Å². The van der Waals surface area contributed by atoms with E-state index in [-0.39, 0.29) is 0 Å². The van der Waals surface area contributed by atoms with E-state index in [0.29, 0.717) is 17.9 Å². The molecule has 2 N–H and O–H groups in total. The molecule has 0 radical (unpaired) electrons. The van der Waals surface area contributed by atoms with E-state index < -0.39 is 5.60 Å². The molecule has 0 amide bonds. The molecule has 2 aromatic carbocycles. The van der Waals surface area contributed by atoms with Crippen LogP contribution in [0.3, 0.4) is 0 Å². The van der Waals surface area contributed by atoms with Gasteiger partial charge in [-0.25, -0.2) is 0 Å². The smallest absolute Gasteiger partial charge is 0.0860 e. The molecule has 2 aromatic rings. The summed E-state index contributed by atoms with van der Waals surface area (Å²) >= 11 is 0. The first-order valence-electron chi connectivity index (χ1n) is 13.2. The lowest BCUT2D eigenvalue weighted by molar-refractivity contribution is 0.0792. The van der Waals surface area contributed by atoms with Crippen molar-refractivity contribution in [2.45, 2.75) is 72.4 Å². The van der Waals surface area contributed by atoms with Gasteiger partial charge in [-0.3, -0.25) is 0 Å². The molecule has 0 heterocycles. The van der Waals surface area contributed by atoms with E-state index in [1.165, 1.54) is 11.1 Å². The molecular formula is C33H44N2O.